The minimum atomic E-state index is -0.406. The Hall–Kier alpha value is -3.66. The average molecular weight is 367 g/mol. The van der Waals surface area contributed by atoms with Crippen LogP contribution in [-0.4, -0.2) is 39.8 Å². The number of nitrogens with one attached hydrogen (secondary N) is 3. The summed E-state index contributed by atoms with van der Waals surface area (Å²) in [4.78, 5) is 23.8. The molecule has 2 aromatic rings. The van der Waals surface area contributed by atoms with Crippen molar-refractivity contribution in [3.05, 3.63) is 53.6 Å². The van der Waals surface area contributed by atoms with Crippen molar-refractivity contribution in [2.24, 2.45) is 0 Å². The van der Waals surface area contributed by atoms with Crippen molar-refractivity contribution in [1.82, 2.24) is 10.6 Å². The number of amides is 3. The quantitative estimate of drug-likeness (QED) is 0.707. The third kappa shape index (κ3) is 5.41. The second-order valence-corrected chi connectivity index (χ2v) is 5.30. The molecule has 0 saturated carbocycles. The molecule has 2 aromatic carbocycles. The van der Waals surface area contributed by atoms with Crippen LogP contribution in [-0.2, 0) is 0 Å². The topological polar surface area (TPSA) is 88.7 Å². The highest BCUT2D eigenvalue weighted by Gasteiger charge is 2.08. The van der Waals surface area contributed by atoms with Gasteiger partial charge in [-0.05, 0) is 24.3 Å². The van der Waals surface area contributed by atoms with Crippen LogP contribution in [0.4, 0.5) is 10.5 Å². The predicted molar refractivity (Wildman–Crippen MR) is 103 cm³/mol. The van der Waals surface area contributed by atoms with Gasteiger partial charge in [-0.15, -0.1) is 0 Å². The summed E-state index contributed by atoms with van der Waals surface area (Å²) in [5, 5.41) is 7.89. The summed E-state index contributed by atoms with van der Waals surface area (Å²) in [6, 6.07) is 11.7. The molecule has 0 spiro atoms. The first-order valence-electron chi connectivity index (χ1n) is 8.16. The van der Waals surface area contributed by atoms with Gasteiger partial charge in [-0.25, -0.2) is 4.79 Å². The van der Waals surface area contributed by atoms with Crippen molar-refractivity contribution in [3.63, 3.8) is 0 Å². The Morgan fingerprint density at radius 2 is 1.78 bits per heavy atom. The van der Waals surface area contributed by atoms with E-state index in [1.807, 2.05) is 0 Å². The van der Waals surface area contributed by atoms with Crippen LogP contribution in [0.2, 0.25) is 0 Å². The van der Waals surface area contributed by atoms with Crippen LogP contribution in [0.15, 0.2) is 42.5 Å². The lowest BCUT2D eigenvalue weighted by atomic mass is 10.1. The van der Waals surface area contributed by atoms with Gasteiger partial charge in [0.1, 0.15) is 0 Å². The molecular weight excluding hydrogens is 346 g/mol. The molecule has 0 saturated heterocycles. The predicted octanol–water partition coefficient (Wildman–Crippen LogP) is 2.24. The van der Waals surface area contributed by atoms with Gasteiger partial charge in [0, 0.05) is 24.4 Å². The molecule has 3 N–H and O–H groups in total. The molecule has 0 aliphatic carbocycles. The molecule has 0 aromatic heterocycles. The van der Waals surface area contributed by atoms with E-state index in [1.165, 1.54) is 7.11 Å². The fraction of sp³-hybridized carbons (Fsp3) is 0.200. The smallest absolute Gasteiger partial charge is 0.319 e. The fourth-order valence-electron chi connectivity index (χ4n) is 2.28. The number of carbonyl (C=O) groups excluding carboxylic acids is 2. The number of hydrogen-bond acceptors (Lipinski definition) is 4. The van der Waals surface area contributed by atoms with Crippen LogP contribution >= 0.6 is 0 Å². The molecule has 0 aliphatic heterocycles. The van der Waals surface area contributed by atoms with Gasteiger partial charge in [0.25, 0.3) is 5.91 Å². The van der Waals surface area contributed by atoms with Crippen molar-refractivity contribution < 1.29 is 19.1 Å². The van der Waals surface area contributed by atoms with E-state index in [0.29, 0.717) is 28.3 Å². The SMILES string of the molecule is CNC(=O)c1ccccc1C#CCNC(=O)Nc1ccc(OC)c(OC)c1. The summed E-state index contributed by atoms with van der Waals surface area (Å²) in [6.45, 7) is 0.126. The average Bonchev–Trinajstić information content (AvgIpc) is 2.70. The van der Waals surface area contributed by atoms with E-state index >= 15 is 0 Å². The molecule has 2 rings (SSSR count). The Morgan fingerprint density at radius 3 is 2.48 bits per heavy atom. The summed E-state index contributed by atoms with van der Waals surface area (Å²) in [6.07, 6.45) is 0. The van der Waals surface area contributed by atoms with E-state index in [9.17, 15) is 9.59 Å². The maximum atomic E-state index is 12.0. The summed E-state index contributed by atoms with van der Waals surface area (Å²) in [7, 11) is 4.62. The summed E-state index contributed by atoms with van der Waals surface area (Å²) >= 11 is 0. The molecule has 7 nitrogen and oxygen atoms in total. The molecule has 0 bridgehead atoms. The van der Waals surface area contributed by atoms with Gasteiger partial charge in [0.2, 0.25) is 0 Å². The van der Waals surface area contributed by atoms with E-state index in [-0.39, 0.29) is 12.5 Å². The number of hydrogen-bond donors (Lipinski definition) is 3. The highest BCUT2D eigenvalue weighted by Crippen LogP contribution is 2.29. The lowest BCUT2D eigenvalue weighted by molar-refractivity contribution is 0.0963. The zero-order valence-electron chi connectivity index (χ0n) is 15.4. The monoisotopic (exact) mass is 367 g/mol. The van der Waals surface area contributed by atoms with Crippen molar-refractivity contribution in [2.75, 3.05) is 33.1 Å². The Bertz CT molecular complexity index is 884. The zero-order chi connectivity index (χ0) is 19.6. The van der Waals surface area contributed by atoms with Gasteiger partial charge in [0.15, 0.2) is 11.5 Å². The highest BCUT2D eigenvalue weighted by atomic mass is 16.5. The molecule has 3 amide bonds. The molecule has 27 heavy (non-hydrogen) atoms. The third-order valence-electron chi connectivity index (χ3n) is 3.60. The minimum Gasteiger partial charge on any atom is -0.493 e. The van der Waals surface area contributed by atoms with Crippen LogP contribution < -0.4 is 25.4 Å². The first-order valence-corrected chi connectivity index (χ1v) is 8.16. The fourth-order valence-corrected chi connectivity index (χ4v) is 2.28. The van der Waals surface area contributed by atoms with Crippen LogP contribution in [0.3, 0.4) is 0 Å². The van der Waals surface area contributed by atoms with Gasteiger partial charge in [-0.3, -0.25) is 4.79 Å². The third-order valence-corrected chi connectivity index (χ3v) is 3.60. The van der Waals surface area contributed by atoms with E-state index < -0.39 is 6.03 Å². The van der Waals surface area contributed by atoms with Gasteiger partial charge < -0.3 is 25.4 Å². The Balaban J connectivity index is 1.95. The molecule has 0 atom stereocenters. The summed E-state index contributed by atoms with van der Waals surface area (Å²) < 4.78 is 10.3. The lowest BCUT2D eigenvalue weighted by Gasteiger charge is -2.10. The number of ether oxygens (including phenoxy) is 2. The maximum absolute atomic E-state index is 12.0. The van der Waals surface area contributed by atoms with E-state index in [1.54, 1.807) is 56.6 Å². The van der Waals surface area contributed by atoms with E-state index in [2.05, 4.69) is 27.8 Å². The Kier molecular flexibility index (Phi) is 7.08. The second-order valence-electron chi connectivity index (χ2n) is 5.30. The Morgan fingerprint density at radius 1 is 1.04 bits per heavy atom. The summed E-state index contributed by atoms with van der Waals surface area (Å²) in [5.74, 6) is 6.60. The van der Waals surface area contributed by atoms with Crippen molar-refractivity contribution in [3.8, 4) is 23.3 Å². The number of methoxy groups -OCH3 is 2. The number of benzene rings is 2. The molecule has 7 heteroatoms. The standard InChI is InChI=1S/C20H21N3O4/c1-21-19(24)16-9-5-4-7-14(16)8-6-12-22-20(25)23-15-10-11-17(26-2)18(13-15)27-3/h4-5,7,9-11,13H,12H2,1-3H3,(H,21,24)(H2,22,23,25). The molecule has 0 fully saturated rings. The van der Waals surface area contributed by atoms with Crippen molar-refractivity contribution >= 4 is 17.6 Å². The minimum absolute atomic E-state index is 0.126. The number of anilines is 1. The van der Waals surface area contributed by atoms with Gasteiger partial charge in [-0.1, -0.05) is 24.0 Å². The normalized spacial score (nSPS) is 9.44. The molecular formula is C20H21N3O4. The van der Waals surface area contributed by atoms with Crippen molar-refractivity contribution in [2.45, 2.75) is 0 Å². The number of carbonyl (C=O) groups is 2. The van der Waals surface area contributed by atoms with E-state index in [0.717, 1.165) is 0 Å². The van der Waals surface area contributed by atoms with Crippen LogP contribution in [0.1, 0.15) is 15.9 Å². The van der Waals surface area contributed by atoms with Gasteiger partial charge in [-0.2, -0.15) is 0 Å². The van der Waals surface area contributed by atoms with Crippen LogP contribution in [0.25, 0.3) is 0 Å². The molecule has 0 unspecified atom stereocenters. The van der Waals surface area contributed by atoms with Crippen LogP contribution in [0, 0.1) is 11.8 Å². The first-order chi connectivity index (χ1) is 13.1. The molecule has 0 radical (unpaired) electrons. The lowest BCUT2D eigenvalue weighted by Crippen LogP contribution is -2.28. The number of rotatable bonds is 5. The summed E-state index contributed by atoms with van der Waals surface area (Å²) in [5.41, 5.74) is 1.64. The second kappa shape index (κ2) is 9.73. The Labute approximate surface area is 158 Å². The molecule has 0 heterocycles. The van der Waals surface area contributed by atoms with Crippen LogP contribution in [0.5, 0.6) is 11.5 Å². The zero-order valence-corrected chi connectivity index (χ0v) is 15.4. The highest BCUT2D eigenvalue weighted by molar-refractivity contribution is 5.96. The largest absolute Gasteiger partial charge is 0.493 e. The van der Waals surface area contributed by atoms with Crippen molar-refractivity contribution in [1.29, 1.82) is 0 Å². The van der Waals surface area contributed by atoms with Gasteiger partial charge in [0.05, 0.1) is 26.3 Å². The van der Waals surface area contributed by atoms with Gasteiger partial charge >= 0.3 is 6.03 Å². The maximum Gasteiger partial charge on any atom is 0.319 e. The number of urea groups is 1. The first kappa shape index (κ1) is 19.7. The van der Waals surface area contributed by atoms with E-state index in [4.69, 9.17) is 9.47 Å². The molecule has 140 valence electrons. The molecule has 0 aliphatic rings.